The lowest BCUT2D eigenvalue weighted by Crippen LogP contribution is -2.27. The van der Waals surface area contributed by atoms with E-state index in [9.17, 15) is 31.1 Å². The van der Waals surface area contributed by atoms with Crippen molar-refractivity contribution in [1.29, 1.82) is 0 Å². The summed E-state index contributed by atoms with van der Waals surface area (Å²) in [5, 5.41) is 11.3. The number of nitrogens with zero attached hydrogens (tertiary/aromatic N) is 2. The largest absolute Gasteiger partial charge is 0.421 e. The molecule has 0 atom stereocenters. The molecular formula is C22H25ClF6N6O. The lowest BCUT2D eigenvalue weighted by molar-refractivity contribution is -0.137. The number of amides is 1. The van der Waals surface area contributed by atoms with Gasteiger partial charge in [0.15, 0.2) is 0 Å². The van der Waals surface area contributed by atoms with Crippen molar-refractivity contribution in [2.24, 2.45) is 0 Å². The molecule has 1 aliphatic heterocycles. The van der Waals surface area contributed by atoms with E-state index in [-0.39, 0.29) is 38.3 Å². The minimum atomic E-state index is -4.69. The van der Waals surface area contributed by atoms with Crippen molar-refractivity contribution >= 4 is 35.0 Å². The van der Waals surface area contributed by atoms with Crippen LogP contribution in [0.4, 0.5) is 43.8 Å². The van der Waals surface area contributed by atoms with Gasteiger partial charge >= 0.3 is 6.18 Å². The molecule has 1 saturated carbocycles. The van der Waals surface area contributed by atoms with E-state index < -0.39 is 36.1 Å². The van der Waals surface area contributed by atoms with Gasteiger partial charge < -0.3 is 21.3 Å². The Morgan fingerprint density at radius 1 is 1.17 bits per heavy atom. The van der Waals surface area contributed by atoms with Crippen LogP contribution in [0.3, 0.4) is 0 Å². The van der Waals surface area contributed by atoms with Crippen molar-refractivity contribution in [3.63, 3.8) is 0 Å². The third-order valence-corrected chi connectivity index (χ3v) is 5.52. The zero-order valence-corrected chi connectivity index (χ0v) is 19.8. The Hall–Kier alpha value is -2.80. The van der Waals surface area contributed by atoms with Gasteiger partial charge in [-0.3, -0.25) is 4.79 Å². The second-order valence-electron chi connectivity index (χ2n) is 8.18. The number of carbonyl (C=O) groups is 1. The molecule has 7 nitrogen and oxygen atoms in total. The third kappa shape index (κ3) is 8.40. The second-order valence-corrected chi connectivity index (χ2v) is 8.59. The molecule has 14 heteroatoms. The first-order chi connectivity index (χ1) is 17.0. The fourth-order valence-electron chi connectivity index (χ4n) is 3.17. The van der Waals surface area contributed by atoms with Gasteiger partial charge in [-0.25, -0.2) is 18.2 Å². The van der Waals surface area contributed by atoms with Crippen molar-refractivity contribution in [1.82, 2.24) is 20.6 Å². The minimum absolute atomic E-state index is 0.0758. The molecule has 2 heterocycles. The lowest BCUT2D eigenvalue weighted by Gasteiger charge is -2.19. The Morgan fingerprint density at radius 2 is 1.89 bits per heavy atom. The first-order valence-corrected chi connectivity index (χ1v) is 11.5. The molecule has 1 amide bonds. The van der Waals surface area contributed by atoms with Crippen LogP contribution in [0.25, 0.3) is 0 Å². The molecule has 36 heavy (non-hydrogen) atoms. The van der Waals surface area contributed by atoms with E-state index in [1.165, 1.54) is 0 Å². The van der Waals surface area contributed by atoms with Gasteiger partial charge in [-0.15, -0.1) is 0 Å². The van der Waals surface area contributed by atoms with Crippen LogP contribution in [0.2, 0.25) is 5.02 Å². The van der Waals surface area contributed by atoms with E-state index in [0.29, 0.717) is 23.5 Å². The molecule has 4 rings (SSSR count). The highest BCUT2D eigenvalue weighted by Gasteiger charge is 2.43. The summed E-state index contributed by atoms with van der Waals surface area (Å²) in [6, 6.07) is 3.63. The number of hydrogen-bond acceptors (Lipinski definition) is 6. The number of fused-ring (bicyclic) bond motifs is 1. The highest BCUT2D eigenvalue weighted by Crippen LogP contribution is 2.40. The number of hydrogen-bond donors (Lipinski definition) is 4. The van der Waals surface area contributed by atoms with Gasteiger partial charge in [-0.2, -0.15) is 18.2 Å². The molecule has 0 unspecified atom stereocenters. The fraction of sp³-hybridized carbons (Fsp3) is 0.500. The number of aromatic nitrogens is 2. The smallest absolute Gasteiger partial charge is 0.369 e. The molecule has 4 N–H and O–H groups in total. The quantitative estimate of drug-likeness (QED) is 0.360. The molecular weight excluding hydrogens is 514 g/mol. The average Bonchev–Trinajstić information content (AvgIpc) is 3.52. The summed E-state index contributed by atoms with van der Waals surface area (Å²) in [5.41, 5.74) is 1.56. The van der Waals surface area contributed by atoms with Crippen molar-refractivity contribution in [2.45, 2.75) is 44.3 Å². The summed E-state index contributed by atoms with van der Waals surface area (Å²) >= 11 is 6.30. The number of alkyl halides is 6. The summed E-state index contributed by atoms with van der Waals surface area (Å²) in [6.07, 6.45) is -3.13. The molecule has 0 saturated heterocycles. The van der Waals surface area contributed by atoms with Crippen LogP contribution < -0.4 is 21.3 Å². The third-order valence-electron chi connectivity index (χ3n) is 5.21. The van der Waals surface area contributed by atoms with Gasteiger partial charge in [0, 0.05) is 45.1 Å². The van der Waals surface area contributed by atoms with Crippen LogP contribution in [0.15, 0.2) is 18.3 Å². The van der Waals surface area contributed by atoms with Gasteiger partial charge in [-0.05, 0) is 36.2 Å². The molecule has 1 aromatic carbocycles. The van der Waals surface area contributed by atoms with Crippen LogP contribution in [0, 0.1) is 0 Å². The summed E-state index contributed by atoms with van der Waals surface area (Å²) in [7, 11) is 0. The first-order valence-electron chi connectivity index (χ1n) is 11.2. The molecule has 2 aliphatic rings. The first kappa shape index (κ1) is 27.8. The molecule has 0 radical (unpaired) electrons. The Bertz CT molecular complexity index is 1060. The number of carbonyl (C=O) groups excluding carboxylic acids is 1. The number of nitrogens with one attached hydrogen (secondary N) is 4. The van der Waals surface area contributed by atoms with Gasteiger partial charge in [0.2, 0.25) is 17.8 Å². The van der Waals surface area contributed by atoms with Crippen LogP contribution in [0.1, 0.15) is 36.0 Å². The maximum absolute atomic E-state index is 13.3. The normalized spacial score (nSPS) is 15.8. The van der Waals surface area contributed by atoms with E-state index in [1.807, 2.05) is 6.07 Å². The van der Waals surface area contributed by atoms with E-state index in [1.54, 1.807) is 6.07 Å². The topological polar surface area (TPSA) is 91.0 Å². The van der Waals surface area contributed by atoms with Crippen LogP contribution in [-0.4, -0.2) is 48.1 Å². The average molecular weight is 539 g/mol. The van der Waals surface area contributed by atoms with Crippen LogP contribution >= 0.6 is 11.6 Å². The molecule has 0 bridgehead atoms. The van der Waals surface area contributed by atoms with Crippen molar-refractivity contribution < 1.29 is 31.1 Å². The van der Waals surface area contributed by atoms with Gasteiger partial charge in [0.1, 0.15) is 18.1 Å². The predicted octanol–water partition coefficient (Wildman–Crippen LogP) is 4.84. The summed E-state index contributed by atoms with van der Waals surface area (Å²) in [6.45, 7) is 0.521. The number of rotatable bonds is 8. The molecule has 198 valence electrons. The number of anilines is 3. The maximum Gasteiger partial charge on any atom is 0.421 e. The predicted molar refractivity (Wildman–Crippen MR) is 123 cm³/mol. The number of halogens is 7. The highest BCUT2D eigenvalue weighted by atomic mass is 35.5. The molecule has 2 aromatic rings. The number of benzene rings is 1. The Labute approximate surface area is 208 Å². The van der Waals surface area contributed by atoms with Gasteiger partial charge in [0.25, 0.3) is 0 Å². The molecule has 0 spiro atoms. The molecule has 1 fully saturated rings. The fourth-order valence-corrected chi connectivity index (χ4v) is 3.40. The van der Waals surface area contributed by atoms with Crippen molar-refractivity contribution in [2.75, 3.05) is 36.9 Å². The lowest BCUT2D eigenvalue weighted by atomic mass is 10.0. The summed E-state index contributed by atoms with van der Waals surface area (Å²) < 4.78 is 74.3. The summed E-state index contributed by atoms with van der Waals surface area (Å²) in [4.78, 5) is 19.2. The Morgan fingerprint density at radius 3 is 2.53 bits per heavy atom. The van der Waals surface area contributed by atoms with Crippen LogP contribution in [0.5, 0.6) is 0 Å². The van der Waals surface area contributed by atoms with Gasteiger partial charge in [-0.1, -0.05) is 11.6 Å². The van der Waals surface area contributed by atoms with E-state index in [2.05, 4.69) is 31.2 Å². The molecule has 1 aromatic heterocycles. The zero-order chi connectivity index (χ0) is 26.3. The van der Waals surface area contributed by atoms with Crippen molar-refractivity contribution in [3.05, 3.63) is 40.0 Å². The monoisotopic (exact) mass is 538 g/mol. The standard InChI is InChI=1S/C19H21ClF4N6O.C3H4F2/c20-14-7-12-9-25-4-1-11(12)8-15(14)29-18-28-10-13(19(22,23)24)17(30-18)27-5-2-16(31)26-6-3-21;4-3(5)1-2-3/h7-8,10,25H,1-6,9H2,(H,26,31)(H2,27,28,29,30);1-2H2. The van der Waals surface area contributed by atoms with Crippen molar-refractivity contribution in [3.8, 4) is 0 Å². The second kappa shape index (κ2) is 12.0. The van der Waals surface area contributed by atoms with E-state index in [0.717, 1.165) is 24.1 Å². The maximum atomic E-state index is 13.3. The van der Waals surface area contributed by atoms with E-state index >= 15 is 0 Å². The van der Waals surface area contributed by atoms with E-state index in [4.69, 9.17) is 11.6 Å². The van der Waals surface area contributed by atoms with Gasteiger partial charge in [0.05, 0.1) is 10.7 Å². The SMILES string of the molecule is FC1(F)CC1.O=C(CCNc1nc(Nc2cc3c(cc2Cl)CNCC3)ncc1C(F)(F)F)NCCF. The zero-order valence-electron chi connectivity index (χ0n) is 19.0. The summed E-state index contributed by atoms with van der Waals surface area (Å²) in [5.74, 6) is -3.28. The molecule has 1 aliphatic carbocycles. The Kier molecular flexibility index (Phi) is 9.23. The Balaban J connectivity index is 0.000000642. The van der Waals surface area contributed by atoms with Crippen LogP contribution in [-0.2, 0) is 23.9 Å². The minimum Gasteiger partial charge on any atom is -0.369 e. The highest BCUT2D eigenvalue weighted by molar-refractivity contribution is 6.33.